The Labute approximate surface area is 183 Å². The Bertz CT molecular complexity index is 844. The lowest BCUT2D eigenvalue weighted by molar-refractivity contribution is -0.120. The zero-order chi connectivity index (χ0) is 20.3. The largest absolute Gasteiger partial charge is 0.390 e. The number of hydrogen-bond acceptors (Lipinski definition) is 3. The second-order valence-corrected chi connectivity index (χ2v) is 8.25. The summed E-state index contributed by atoms with van der Waals surface area (Å²) in [4.78, 5) is 11.6. The zero-order valence-corrected chi connectivity index (χ0v) is 18.3. The van der Waals surface area contributed by atoms with Gasteiger partial charge in [-0.1, -0.05) is 28.1 Å². The number of rotatable bonds is 8. The SMILES string of the molecule is CC(=O)N[C@@H](Cc1cc(F)cc(F)c1)[C@@H](O)CNC1(c2cccc(Br)c2)CC1.Cl. The van der Waals surface area contributed by atoms with E-state index in [0.717, 1.165) is 28.9 Å². The van der Waals surface area contributed by atoms with Crippen LogP contribution in [0.5, 0.6) is 0 Å². The summed E-state index contributed by atoms with van der Waals surface area (Å²) >= 11 is 3.48. The molecule has 3 rings (SSSR count). The fourth-order valence-electron chi connectivity index (χ4n) is 3.45. The van der Waals surface area contributed by atoms with Crippen molar-refractivity contribution in [2.24, 2.45) is 0 Å². The van der Waals surface area contributed by atoms with Crippen molar-refractivity contribution in [2.75, 3.05) is 6.54 Å². The number of carbonyl (C=O) groups excluding carboxylic acids is 1. The smallest absolute Gasteiger partial charge is 0.217 e. The second-order valence-electron chi connectivity index (χ2n) is 7.33. The lowest BCUT2D eigenvalue weighted by atomic mass is 9.99. The van der Waals surface area contributed by atoms with E-state index >= 15 is 0 Å². The lowest BCUT2D eigenvalue weighted by Crippen LogP contribution is -2.49. The van der Waals surface area contributed by atoms with Gasteiger partial charge in [-0.2, -0.15) is 0 Å². The minimum absolute atomic E-state index is 0. The molecule has 0 aromatic heterocycles. The lowest BCUT2D eigenvalue weighted by Gasteiger charge is -2.27. The molecule has 0 unspecified atom stereocenters. The first-order valence-electron chi connectivity index (χ1n) is 9.19. The number of halogens is 4. The zero-order valence-electron chi connectivity index (χ0n) is 15.9. The molecular formula is C21H24BrClF2N2O2. The van der Waals surface area contributed by atoms with Crippen LogP contribution in [-0.2, 0) is 16.8 Å². The molecule has 4 nitrogen and oxygen atoms in total. The van der Waals surface area contributed by atoms with Crippen LogP contribution >= 0.6 is 28.3 Å². The first-order chi connectivity index (χ1) is 13.3. The van der Waals surface area contributed by atoms with Crippen molar-refractivity contribution in [3.8, 4) is 0 Å². The number of aliphatic hydroxyl groups excluding tert-OH is 1. The van der Waals surface area contributed by atoms with Gasteiger partial charge in [-0.05, 0) is 54.7 Å². The molecule has 3 N–H and O–H groups in total. The molecule has 2 aromatic carbocycles. The van der Waals surface area contributed by atoms with E-state index in [4.69, 9.17) is 0 Å². The molecule has 158 valence electrons. The highest BCUT2D eigenvalue weighted by Crippen LogP contribution is 2.45. The van der Waals surface area contributed by atoms with Crippen LogP contribution < -0.4 is 10.6 Å². The topological polar surface area (TPSA) is 61.4 Å². The van der Waals surface area contributed by atoms with E-state index in [2.05, 4.69) is 26.6 Å². The van der Waals surface area contributed by atoms with Crippen molar-refractivity contribution >= 4 is 34.2 Å². The maximum absolute atomic E-state index is 13.5. The monoisotopic (exact) mass is 488 g/mol. The molecule has 0 spiro atoms. The molecule has 2 atom stereocenters. The molecular weight excluding hydrogens is 466 g/mol. The normalized spacial score (nSPS) is 16.4. The van der Waals surface area contributed by atoms with Gasteiger partial charge in [0.05, 0.1) is 12.1 Å². The fraction of sp³-hybridized carbons (Fsp3) is 0.381. The Hall–Kier alpha value is -1.54. The predicted molar refractivity (Wildman–Crippen MR) is 114 cm³/mol. The maximum atomic E-state index is 13.5. The third kappa shape index (κ3) is 6.47. The van der Waals surface area contributed by atoms with Crippen molar-refractivity contribution in [3.05, 3.63) is 69.7 Å². The Morgan fingerprint density at radius 1 is 1.21 bits per heavy atom. The van der Waals surface area contributed by atoms with Gasteiger partial charge < -0.3 is 15.7 Å². The van der Waals surface area contributed by atoms with Crippen molar-refractivity contribution < 1.29 is 18.7 Å². The molecule has 0 radical (unpaired) electrons. The third-order valence-corrected chi connectivity index (χ3v) is 5.50. The average molecular weight is 490 g/mol. The standard InChI is InChI=1S/C21H23BrF2N2O2.ClH/c1-13(27)26-19(9-14-7-17(23)11-18(24)8-14)20(28)12-25-21(5-6-21)15-3-2-4-16(22)10-15;/h2-4,7-8,10-11,19-20,25,28H,5-6,9,12H2,1H3,(H,26,27);1H/t19-,20-;/m0./s1. The first kappa shape index (κ1) is 23.7. The summed E-state index contributed by atoms with van der Waals surface area (Å²) < 4.78 is 27.9. The minimum Gasteiger partial charge on any atom is -0.390 e. The molecule has 0 saturated heterocycles. The molecule has 1 aliphatic carbocycles. The summed E-state index contributed by atoms with van der Waals surface area (Å²) in [6.45, 7) is 1.60. The second kappa shape index (κ2) is 9.98. The Kier molecular flexibility index (Phi) is 8.17. The van der Waals surface area contributed by atoms with E-state index < -0.39 is 23.8 Å². The third-order valence-electron chi connectivity index (χ3n) is 5.01. The minimum atomic E-state index is -0.917. The molecule has 1 saturated carbocycles. The van der Waals surface area contributed by atoms with E-state index in [9.17, 15) is 18.7 Å². The fourth-order valence-corrected chi connectivity index (χ4v) is 3.85. The highest BCUT2D eigenvalue weighted by Gasteiger charge is 2.44. The van der Waals surface area contributed by atoms with Crippen LogP contribution in [0.15, 0.2) is 46.9 Å². The quantitative estimate of drug-likeness (QED) is 0.528. The summed E-state index contributed by atoms with van der Waals surface area (Å²) in [5, 5.41) is 16.8. The van der Waals surface area contributed by atoms with Gasteiger partial charge in [0.25, 0.3) is 0 Å². The average Bonchev–Trinajstić information content (AvgIpc) is 3.39. The van der Waals surface area contributed by atoms with E-state index in [1.54, 1.807) is 0 Å². The highest BCUT2D eigenvalue weighted by molar-refractivity contribution is 9.10. The van der Waals surface area contributed by atoms with Crippen LogP contribution in [0.2, 0.25) is 0 Å². The van der Waals surface area contributed by atoms with E-state index in [-0.39, 0.29) is 36.8 Å². The van der Waals surface area contributed by atoms with E-state index in [0.29, 0.717) is 5.56 Å². The van der Waals surface area contributed by atoms with Crippen LogP contribution in [0.25, 0.3) is 0 Å². The van der Waals surface area contributed by atoms with Gasteiger partial charge in [0.15, 0.2) is 0 Å². The van der Waals surface area contributed by atoms with Gasteiger partial charge in [0, 0.05) is 29.5 Å². The molecule has 1 amide bonds. The molecule has 1 fully saturated rings. The number of hydrogen-bond donors (Lipinski definition) is 3. The van der Waals surface area contributed by atoms with Gasteiger partial charge in [0.2, 0.25) is 5.91 Å². The van der Waals surface area contributed by atoms with E-state index in [1.165, 1.54) is 19.1 Å². The Morgan fingerprint density at radius 3 is 2.41 bits per heavy atom. The highest BCUT2D eigenvalue weighted by atomic mass is 79.9. The number of aliphatic hydroxyl groups is 1. The first-order valence-corrected chi connectivity index (χ1v) is 9.98. The molecule has 2 aromatic rings. The predicted octanol–water partition coefficient (Wildman–Crippen LogP) is 3.84. The van der Waals surface area contributed by atoms with Gasteiger partial charge in [-0.15, -0.1) is 12.4 Å². The van der Waals surface area contributed by atoms with Crippen LogP contribution in [0.3, 0.4) is 0 Å². The van der Waals surface area contributed by atoms with Crippen molar-refractivity contribution in [2.45, 2.75) is 43.9 Å². The molecule has 29 heavy (non-hydrogen) atoms. The van der Waals surface area contributed by atoms with Crippen molar-refractivity contribution in [3.63, 3.8) is 0 Å². The Balaban J connectivity index is 0.00000300. The van der Waals surface area contributed by atoms with Crippen LogP contribution in [-0.4, -0.2) is 29.7 Å². The summed E-state index contributed by atoms with van der Waals surface area (Å²) in [6.07, 6.45) is 1.12. The van der Waals surface area contributed by atoms with Crippen LogP contribution in [0, 0.1) is 11.6 Å². The van der Waals surface area contributed by atoms with Crippen molar-refractivity contribution in [1.29, 1.82) is 0 Å². The summed E-state index contributed by atoms with van der Waals surface area (Å²) in [7, 11) is 0. The summed E-state index contributed by atoms with van der Waals surface area (Å²) in [5.41, 5.74) is 1.33. The molecule has 8 heteroatoms. The van der Waals surface area contributed by atoms with Crippen LogP contribution in [0.4, 0.5) is 8.78 Å². The summed E-state index contributed by atoms with van der Waals surface area (Å²) in [6, 6.07) is 10.6. The number of carbonyl (C=O) groups is 1. The van der Waals surface area contributed by atoms with Gasteiger partial charge in [-0.3, -0.25) is 4.79 Å². The Morgan fingerprint density at radius 2 is 1.86 bits per heavy atom. The molecule has 0 aliphatic heterocycles. The van der Waals surface area contributed by atoms with E-state index in [1.807, 2.05) is 24.3 Å². The number of nitrogens with one attached hydrogen (secondary N) is 2. The van der Waals surface area contributed by atoms with Crippen molar-refractivity contribution in [1.82, 2.24) is 10.6 Å². The van der Waals surface area contributed by atoms with Crippen LogP contribution in [0.1, 0.15) is 30.9 Å². The number of amides is 1. The van der Waals surface area contributed by atoms with Gasteiger partial charge >= 0.3 is 0 Å². The number of benzene rings is 2. The molecule has 0 heterocycles. The molecule has 0 bridgehead atoms. The molecule has 1 aliphatic rings. The van der Waals surface area contributed by atoms with Gasteiger partial charge in [-0.25, -0.2) is 8.78 Å². The van der Waals surface area contributed by atoms with Gasteiger partial charge in [0.1, 0.15) is 11.6 Å². The maximum Gasteiger partial charge on any atom is 0.217 e. The summed E-state index contributed by atoms with van der Waals surface area (Å²) in [5.74, 6) is -1.68.